The Hall–Kier alpha value is -3.60. The number of carbonyl (C=O) groups is 2. The van der Waals surface area contributed by atoms with Crippen molar-refractivity contribution >= 4 is 34.9 Å². The second kappa shape index (κ2) is 10.2. The lowest BCUT2D eigenvalue weighted by Gasteiger charge is -2.34. The minimum absolute atomic E-state index is 0.0579. The summed E-state index contributed by atoms with van der Waals surface area (Å²) in [4.78, 5) is 35.6. The first-order valence-electron chi connectivity index (χ1n) is 11.4. The lowest BCUT2D eigenvalue weighted by molar-refractivity contribution is -0.140. The average Bonchev–Trinajstić information content (AvgIpc) is 3.26. The van der Waals surface area contributed by atoms with E-state index in [-0.39, 0.29) is 65.2 Å². The van der Waals surface area contributed by atoms with E-state index in [2.05, 4.69) is 20.6 Å². The normalized spacial score (nSPS) is 17.0. The lowest BCUT2D eigenvalue weighted by atomic mass is 10.1. The number of aliphatic hydroxyl groups excluding tert-OH is 1. The second-order valence-corrected chi connectivity index (χ2v) is 8.90. The third-order valence-corrected chi connectivity index (χ3v) is 6.46. The van der Waals surface area contributed by atoms with E-state index >= 15 is 0 Å². The Balaban J connectivity index is 1.38. The molecule has 11 heteroatoms. The quantitative estimate of drug-likeness (QED) is 0.466. The van der Waals surface area contributed by atoms with Crippen molar-refractivity contribution in [3.8, 4) is 11.4 Å². The molecule has 36 heavy (non-hydrogen) atoms. The van der Waals surface area contributed by atoms with E-state index in [9.17, 15) is 19.1 Å². The topological polar surface area (TPSA) is 117 Å². The molecule has 1 aromatic heterocycles. The van der Waals surface area contributed by atoms with Crippen LogP contribution in [-0.2, 0) is 22.5 Å². The Morgan fingerprint density at radius 2 is 2.03 bits per heavy atom. The van der Waals surface area contributed by atoms with Crippen LogP contribution in [0.4, 0.5) is 15.9 Å². The van der Waals surface area contributed by atoms with Crippen molar-refractivity contribution in [1.29, 1.82) is 0 Å². The molecule has 3 heterocycles. The number of anilines is 2. The standard InChI is InChI=1S/C25H23ClFN5O4/c26-17-2-1-3-18(27)21(17)23-30-19-11-28-25(35)22(19)24(31-23)29-15-6-4-14(5-7-15)10-20(34)32-8-9-36-13-16(32)12-33/h1-7,16,33H,8-13H2,(H,28,35)(H,29,30,31)/t16-/m1/s1. The lowest BCUT2D eigenvalue weighted by Crippen LogP contribution is -2.51. The van der Waals surface area contributed by atoms with Gasteiger partial charge in [-0.05, 0) is 29.8 Å². The molecule has 2 aliphatic rings. The molecule has 2 aliphatic heterocycles. The summed E-state index contributed by atoms with van der Waals surface area (Å²) in [6.07, 6.45) is 0.179. The summed E-state index contributed by atoms with van der Waals surface area (Å²) in [6, 6.07) is 11.1. The van der Waals surface area contributed by atoms with E-state index in [4.69, 9.17) is 16.3 Å². The maximum atomic E-state index is 14.5. The molecule has 0 bridgehead atoms. The molecule has 2 aromatic carbocycles. The van der Waals surface area contributed by atoms with Gasteiger partial charge in [-0.2, -0.15) is 0 Å². The predicted octanol–water partition coefficient (Wildman–Crippen LogP) is 2.69. The number of benzene rings is 2. The summed E-state index contributed by atoms with van der Waals surface area (Å²) in [5, 5.41) is 15.5. The third-order valence-electron chi connectivity index (χ3n) is 6.14. The van der Waals surface area contributed by atoms with Gasteiger partial charge in [0, 0.05) is 12.2 Å². The summed E-state index contributed by atoms with van der Waals surface area (Å²) in [6.45, 7) is 1.26. The van der Waals surface area contributed by atoms with E-state index in [0.717, 1.165) is 5.56 Å². The smallest absolute Gasteiger partial charge is 0.257 e. The minimum atomic E-state index is -0.566. The highest BCUT2D eigenvalue weighted by Gasteiger charge is 2.29. The summed E-state index contributed by atoms with van der Waals surface area (Å²) in [7, 11) is 0. The molecule has 3 N–H and O–H groups in total. The second-order valence-electron chi connectivity index (χ2n) is 8.49. The first-order valence-corrected chi connectivity index (χ1v) is 11.8. The van der Waals surface area contributed by atoms with Crippen LogP contribution < -0.4 is 10.6 Å². The molecular weight excluding hydrogens is 489 g/mol. The Kier molecular flexibility index (Phi) is 6.82. The van der Waals surface area contributed by atoms with Gasteiger partial charge in [0.1, 0.15) is 17.2 Å². The fraction of sp³-hybridized carbons (Fsp3) is 0.280. The number of halogens is 2. The van der Waals surface area contributed by atoms with Crippen LogP contribution in [0.5, 0.6) is 0 Å². The average molecular weight is 512 g/mol. The molecule has 0 spiro atoms. The zero-order valence-electron chi connectivity index (χ0n) is 19.1. The molecule has 1 saturated heterocycles. The molecule has 1 fully saturated rings. The molecule has 0 radical (unpaired) electrons. The first kappa shape index (κ1) is 24.1. The number of aromatic nitrogens is 2. The molecule has 186 valence electrons. The first-order chi connectivity index (χ1) is 17.4. The number of fused-ring (bicyclic) bond motifs is 1. The number of morpholine rings is 1. The Morgan fingerprint density at radius 1 is 1.22 bits per heavy atom. The SMILES string of the molecule is O=C1NCc2nc(-c3c(F)cccc3Cl)nc(Nc3ccc(CC(=O)N4CCOC[C@H]4CO)cc3)c21. The van der Waals surface area contributed by atoms with Gasteiger partial charge in [0.25, 0.3) is 5.91 Å². The fourth-order valence-electron chi connectivity index (χ4n) is 4.29. The summed E-state index contributed by atoms with van der Waals surface area (Å²) in [5.41, 5.74) is 2.20. The van der Waals surface area contributed by atoms with Crippen molar-refractivity contribution < 1.29 is 23.8 Å². The third kappa shape index (κ3) is 4.75. The zero-order valence-corrected chi connectivity index (χ0v) is 19.9. The number of amides is 2. The maximum Gasteiger partial charge on any atom is 0.257 e. The Morgan fingerprint density at radius 3 is 2.78 bits per heavy atom. The van der Waals surface area contributed by atoms with E-state index in [1.54, 1.807) is 35.2 Å². The van der Waals surface area contributed by atoms with Crippen molar-refractivity contribution in [1.82, 2.24) is 20.2 Å². The van der Waals surface area contributed by atoms with Gasteiger partial charge in [0.05, 0.1) is 55.1 Å². The van der Waals surface area contributed by atoms with Gasteiger partial charge in [-0.1, -0.05) is 29.8 Å². The van der Waals surface area contributed by atoms with Gasteiger partial charge in [-0.15, -0.1) is 0 Å². The molecule has 2 amide bonds. The largest absolute Gasteiger partial charge is 0.394 e. The molecule has 9 nitrogen and oxygen atoms in total. The molecular formula is C25H23ClFN5O4. The van der Waals surface area contributed by atoms with Crippen LogP contribution >= 0.6 is 11.6 Å². The predicted molar refractivity (Wildman–Crippen MR) is 130 cm³/mol. The highest BCUT2D eigenvalue weighted by atomic mass is 35.5. The van der Waals surface area contributed by atoms with E-state index < -0.39 is 5.82 Å². The highest BCUT2D eigenvalue weighted by molar-refractivity contribution is 6.33. The molecule has 0 aliphatic carbocycles. The summed E-state index contributed by atoms with van der Waals surface area (Å²) >= 11 is 6.21. The van der Waals surface area contributed by atoms with Gasteiger partial charge in [-0.3, -0.25) is 9.59 Å². The number of rotatable bonds is 6. The number of nitrogens with one attached hydrogen (secondary N) is 2. The monoisotopic (exact) mass is 511 g/mol. The van der Waals surface area contributed by atoms with Gasteiger partial charge >= 0.3 is 0 Å². The zero-order chi connectivity index (χ0) is 25.2. The fourth-order valence-corrected chi connectivity index (χ4v) is 4.54. The Labute approximate surface area is 211 Å². The molecule has 3 aromatic rings. The van der Waals surface area contributed by atoms with Crippen LogP contribution in [0.3, 0.4) is 0 Å². The van der Waals surface area contributed by atoms with Crippen LogP contribution in [0, 0.1) is 5.82 Å². The van der Waals surface area contributed by atoms with Crippen LogP contribution in [0.25, 0.3) is 11.4 Å². The van der Waals surface area contributed by atoms with Crippen molar-refractivity contribution in [2.75, 3.05) is 31.7 Å². The minimum Gasteiger partial charge on any atom is -0.394 e. The van der Waals surface area contributed by atoms with Crippen LogP contribution in [-0.4, -0.2) is 64.2 Å². The molecule has 0 saturated carbocycles. The van der Waals surface area contributed by atoms with Crippen molar-refractivity contribution in [2.45, 2.75) is 19.0 Å². The van der Waals surface area contributed by atoms with Gasteiger partial charge < -0.3 is 25.4 Å². The number of ether oxygens (including phenoxy) is 1. The molecule has 5 rings (SSSR count). The summed E-state index contributed by atoms with van der Waals surface area (Å²) in [5.74, 6) is -0.683. The summed E-state index contributed by atoms with van der Waals surface area (Å²) < 4.78 is 19.9. The van der Waals surface area contributed by atoms with Crippen molar-refractivity contribution in [3.63, 3.8) is 0 Å². The van der Waals surface area contributed by atoms with Gasteiger partial charge in [0.15, 0.2) is 5.82 Å². The van der Waals surface area contributed by atoms with Gasteiger partial charge in [-0.25, -0.2) is 14.4 Å². The number of hydrogen-bond acceptors (Lipinski definition) is 7. The van der Waals surface area contributed by atoms with Crippen molar-refractivity contribution in [2.24, 2.45) is 0 Å². The van der Waals surface area contributed by atoms with Crippen molar-refractivity contribution in [3.05, 3.63) is 70.1 Å². The van der Waals surface area contributed by atoms with E-state index in [0.29, 0.717) is 31.1 Å². The number of nitrogens with zero attached hydrogens (tertiary/aromatic N) is 3. The Bertz CT molecular complexity index is 1300. The van der Waals surface area contributed by atoms with Crippen LogP contribution in [0.15, 0.2) is 42.5 Å². The molecule has 0 unspecified atom stereocenters. The number of aliphatic hydroxyl groups is 1. The number of hydrogen-bond donors (Lipinski definition) is 3. The highest BCUT2D eigenvalue weighted by Crippen LogP contribution is 2.32. The van der Waals surface area contributed by atoms with E-state index in [1.165, 1.54) is 12.1 Å². The maximum absolute atomic E-state index is 14.5. The number of carbonyl (C=O) groups excluding carboxylic acids is 2. The van der Waals surface area contributed by atoms with Crippen LogP contribution in [0.1, 0.15) is 21.6 Å². The van der Waals surface area contributed by atoms with Crippen LogP contribution in [0.2, 0.25) is 5.02 Å². The molecule has 1 atom stereocenters. The van der Waals surface area contributed by atoms with Gasteiger partial charge in [0.2, 0.25) is 5.91 Å². The van der Waals surface area contributed by atoms with E-state index in [1.807, 2.05) is 0 Å².